The number of ether oxygens (including phenoxy) is 1. The third-order valence-corrected chi connectivity index (χ3v) is 9.33. The van der Waals surface area contributed by atoms with Gasteiger partial charge in [-0.2, -0.15) is 0 Å². The molecule has 2 amide bonds. The van der Waals surface area contributed by atoms with Crippen LogP contribution in [0.25, 0.3) is 22.4 Å². The molecule has 0 saturated carbocycles. The van der Waals surface area contributed by atoms with Crippen LogP contribution in [0.1, 0.15) is 52.4 Å². The zero-order valence-electron chi connectivity index (χ0n) is 26.4. The van der Waals surface area contributed by atoms with Crippen LogP contribution in [0, 0.1) is 12.7 Å². The molecule has 2 aromatic carbocycles. The summed E-state index contributed by atoms with van der Waals surface area (Å²) in [5, 5.41) is 9.52. The van der Waals surface area contributed by atoms with Gasteiger partial charge in [-0.25, -0.2) is 14.2 Å². The Kier molecular flexibility index (Phi) is 8.73. The predicted molar refractivity (Wildman–Crippen MR) is 176 cm³/mol. The Morgan fingerprint density at radius 2 is 1.87 bits per heavy atom. The van der Waals surface area contributed by atoms with E-state index in [1.807, 2.05) is 12.1 Å². The molecule has 0 radical (unpaired) electrons. The normalized spacial score (nSPS) is 17.0. The van der Waals surface area contributed by atoms with Crippen molar-refractivity contribution in [2.45, 2.75) is 44.7 Å². The number of nitrogens with one attached hydrogen (secondary N) is 3. The highest BCUT2D eigenvalue weighted by Crippen LogP contribution is 2.43. The van der Waals surface area contributed by atoms with Crippen molar-refractivity contribution < 1.29 is 18.7 Å². The van der Waals surface area contributed by atoms with Crippen LogP contribution in [0.15, 0.2) is 52.2 Å². The second-order valence-electron chi connectivity index (χ2n) is 11.9. The van der Waals surface area contributed by atoms with Gasteiger partial charge in [-0.05, 0) is 61.1 Å². The molecule has 2 aliphatic rings. The molecule has 0 bridgehead atoms. The van der Waals surface area contributed by atoms with Crippen LogP contribution in [-0.2, 0) is 25.3 Å². The maximum atomic E-state index is 15.1. The maximum Gasteiger partial charge on any atom is 0.330 e. The van der Waals surface area contributed by atoms with Crippen LogP contribution >= 0.6 is 11.6 Å². The highest BCUT2D eigenvalue weighted by Gasteiger charge is 2.30. The van der Waals surface area contributed by atoms with Gasteiger partial charge in [0.1, 0.15) is 11.4 Å². The van der Waals surface area contributed by atoms with Gasteiger partial charge in [0.15, 0.2) is 0 Å². The number of pyridine rings is 1. The van der Waals surface area contributed by atoms with Gasteiger partial charge in [-0.15, -0.1) is 0 Å². The number of fused-ring (bicyclic) bond motifs is 1. The van der Waals surface area contributed by atoms with Gasteiger partial charge in [0, 0.05) is 67.7 Å². The fourth-order valence-electron chi connectivity index (χ4n) is 6.40. The van der Waals surface area contributed by atoms with Gasteiger partial charge >= 0.3 is 5.69 Å². The van der Waals surface area contributed by atoms with E-state index in [-0.39, 0.29) is 29.2 Å². The minimum atomic E-state index is -0.782. The largest absolute Gasteiger partial charge is 0.481 e. The van der Waals surface area contributed by atoms with Crippen molar-refractivity contribution in [3.05, 3.63) is 96.5 Å². The number of aryl methyl sites for hydroxylation is 2. The molecule has 1 saturated heterocycles. The molecule has 2 aromatic heterocycles. The lowest BCUT2D eigenvalue weighted by atomic mass is 9.95. The lowest BCUT2D eigenvalue weighted by molar-refractivity contribution is -0.119. The van der Waals surface area contributed by atoms with E-state index in [9.17, 15) is 19.2 Å². The SMILES string of the molecule is COc1nc(-c2cccc(-c3cc(F)cc(NC(=O)c4cn(C)c(=O)n(C)c4=O)c3C)c2Cl)cc2c1[C@@H](NC[C@@H]1CCC(=O)N1)CC2. The van der Waals surface area contributed by atoms with E-state index in [0.29, 0.717) is 51.8 Å². The Balaban J connectivity index is 1.32. The van der Waals surface area contributed by atoms with Crippen molar-refractivity contribution >= 4 is 29.1 Å². The number of amides is 2. The van der Waals surface area contributed by atoms with Gasteiger partial charge in [-0.3, -0.25) is 19.0 Å². The number of rotatable bonds is 8. The second-order valence-corrected chi connectivity index (χ2v) is 12.3. The topological polar surface area (TPSA) is 136 Å². The van der Waals surface area contributed by atoms with Gasteiger partial charge < -0.3 is 25.3 Å². The standard InChI is InChI=1S/C34H34ClFN6O5/c1-17-23(13-19(36)14-26(17)39-31(44)24-16-41(2)34(46)42(3)33(24)45)21-6-5-7-22(30(21)35)27-12-18-8-10-25(29(18)32(40-27)47-4)37-15-20-9-11-28(43)38-20/h5-7,12-14,16,20,25,37H,8-11,15H2,1-4H3,(H,38,43)(H,39,44)/t20-,25-/m0/s1. The summed E-state index contributed by atoms with van der Waals surface area (Å²) in [6, 6.07) is 10.0. The molecule has 3 N–H and O–H groups in total. The smallest absolute Gasteiger partial charge is 0.330 e. The molecule has 1 aliphatic carbocycles. The molecule has 0 spiro atoms. The third-order valence-electron chi connectivity index (χ3n) is 8.93. The molecule has 0 unspecified atom stereocenters. The van der Waals surface area contributed by atoms with E-state index in [1.54, 1.807) is 26.2 Å². The van der Waals surface area contributed by atoms with E-state index >= 15 is 4.39 Å². The first-order valence-electron chi connectivity index (χ1n) is 15.2. The molecular weight excluding hydrogens is 627 g/mol. The van der Waals surface area contributed by atoms with Crippen molar-refractivity contribution in [3.63, 3.8) is 0 Å². The summed E-state index contributed by atoms with van der Waals surface area (Å²) in [5.41, 5.74) is 3.32. The molecule has 1 aliphatic heterocycles. The minimum Gasteiger partial charge on any atom is -0.481 e. The van der Waals surface area contributed by atoms with Crippen LogP contribution in [0.4, 0.5) is 10.1 Å². The van der Waals surface area contributed by atoms with Crippen LogP contribution in [0.5, 0.6) is 5.88 Å². The quantitative estimate of drug-likeness (QED) is 0.260. The summed E-state index contributed by atoms with van der Waals surface area (Å²) in [5.74, 6) is -0.838. The van der Waals surface area contributed by atoms with Crippen LogP contribution in [-0.4, -0.2) is 45.6 Å². The number of nitrogens with zero attached hydrogens (tertiary/aromatic N) is 3. The molecule has 1 fully saturated rings. The number of carbonyl (C=O) groups excluding carboxylic acids is 2. The fraction of sp³-hybridized carbons (Fsp3) is 0.324. The van der Waals surface area contributed by atoms with Crippen LogP contribution < -0.4 is 31.9 Å². The van der Waals surface area contributed by atoms with Gasteiger partial charge in [-0.1, -0.05) is 29.8 Å². The number of halogens is 2. The first-order valence-corrected chi connectivity index (χ1v) is 15.6. The number of methoxy groups -OCH3 is 1. The summed E-state index contributed by atoms with van der Waals surface area (Å²) in [6.07, 6.45) is 4.17. The van der Waals surface area contributed by atoms with E-state index in [4.69, 9.17) is 21.3 Å². The summed E-state index contributed by atoms with van der Waals surface area (Å²) < 4.78 is 22.8. The van der Waals surface area contributed by atoms with Gasteiger partial charge in [0.2, 0.25) is 11.8 Å². The lowest BCUT2D eigenvalue weighted by Gasteiger charge is -2.20. The Morgan fingerprint density at radius 1 is 1.11 bits per heavy atom. The fourth-order valence-corrected chi connectivity index (χ4v) is 6.72. The molecule has 3 heterocycles. The van der Waals surface area contributed by atoms with Crippen LogP contribution in [0.2, 0.25) is 5.02 Å². The third kappa shape index (κ3) is 6.06. The Labute approximate surface area is 274 Å². The van der Waals surface area contributed by atoms with Crippen molar-refractivity contribution in [2.24, 2.45) is 14.1 Å². The first-order chi connectivity index (χ1) is 22.5. The first kappa shape index (κ1) is 32.1. The number of anilines is 1. The lowest BCUT2D eigenvalue weighted by Crippen LogP contribution is -2.40. The monoisotopic (exact) mass is 660 g/mol. The van der Waals surface area contributed by atoms with Crippen molar-refractivity contribution in [2.75, 3.05) is 19.0 Å². The van der Waals surface area contributed by atoms with Crippen molar-refractivity contribution in [1.29, 1.82) is 0 Å². The van der Waals surface area contributed by atoms with Crippen molar-refractivity contribution in [3.8, 4) is 28.3 Å². The van der Waals surface area contributed by atoms with E-state index in [1.165, 1.54) is 26.2 Å². The van der Waals surface area contributed by atoms with Gasteiger partial charge in [0.25, 0.3) is 11.5 Å². The summed E-state index contributed by atoms with van der Waals surface area (Å²) in [7, 11) is 4.29. The molecule has 11 nitrogen and oxygen atoms in total. The summed E-state index contributed by atoms with van der Waals surface area (Å²) in [6.45, 7) is 2.37. The number of benzene rings is 2. The maximum absolute atomic E-state index is 15.1. The number of carbonyl (C=O) groups is 2. The number of aromatic nitrogens is 3. The molecule has 4 aromatic rings. The summed E-state index contributed by atoms with van der Waals surface area (Å²) in [4.78, 5) is 54.3. The summed E-state index contributed by atoms with van der Waals surface area (Å²) >= 11 is 7.02. The average Bonchev–Trinajstić information content (AvgIpc) is 3.67. The van der Waals surface area contributed by atoms with Crippen molar-refractivity contribution in [1.82, 2.24) is 24.8 Å². The second kappa shape index (κ2) is 12.8. The highest BCUT2D eigenvalue weighted by atomic mass is 35.5. The van der Waals surface area contributed by atoms with Crippen LogP contribution in [0.3, 0.4) is 0 Å². The average molecular weight is 661 g/mol. The zero-order chi connectivity index (χ0) is 33.6. The molecule has 2 atom stereocenters. The van der Waals surface area contributed by atoms with Gasteiger partial charge in [0.05, 0.1) is 17.8 Å². The van der Waals surface area contributed by atoms with E-state index < -0.39 is 23.0 Å². The van der Waals surface area contributed by atoms with E-state index in [2.05, 4.69) is 16.0 Å². The zero-order valence-corrected chi connectivity index (χ0v) is 27.1. The molecule has 6 rings (SSSR count). The Hall–Kier alpha value is -4.81. The van der Waals surface area contributed by atoms with E-state index in [0.717, 1.165) is 45.7 Å². The minimum absolute atomic E-state index is 0.0327. The Bertz CT molecular complexity index is 2060. The molecule has 244 valence electrons. The number of hydrogen-bond donors (Lipinski definition) is 3. The Morgan fingerprint density at radius 3 is 2.60 bits per heavy atom. The predicted octanol–water partition coefficient (Wildman–Crippen LogP) is 4.03. The molecule has 47 heavy (non-hydrogen) atoms. The number of hydrogen-bond acceptors (Lipinski definition) is 7. The highest BCUT2D eigenvalue weighted by molar-refractivity contribution is 6.36. The molecule has 13 heteroatoms. The molecular formula is C34H34ClFN6O5.